The van der Waals surface area contributed by atoms with Crippen LogP contribution in [0.3, 0.4) is 0 Å². The molecule has 0 saturated carbocycles. The van der Waals surface area contributed by atoms with Crippen LogP contribution in [0.15, 0.2) is 48.5 Å². The van der Waals surface area contributed by atoms with Crippen molar-refractivity contribution in [3.8, 4) is 5.75 Å². The van der Waals surface area contributed by atoms with E-state index in [1.54, 1.807) is 7.11 Å². The van der Waals surface area contributed by atoms with Gasteiger partial charge in [-0.15, -0.1) is 0 Å². The minimum atomic E-state index is -0.283. The van der Waals surface area contributed by atoms with Crippen LogP contribution >= 0.6 is 0 Å². The van der Waals surface area contributed by atoms with Crippen LogP contribution in [0.5, 0.6) is 5.75 Å². The van der Waals surface area contributed by atoms with E-state index in [4.69, 9.17) is 4.74 Å². The Morgan fingerprint density at radius 3 is 2.59 bits per heavy atom. The predicted molar refractivity (Wildman–Crippen MR) is 114 cm³/mol. The van der Waals surface area contributed by atoms with Crippen molar-refractivity contribution in [3.63, 3.8) is 0 Å². The van der Waals surface area contributed by atoms with Gasteiger partial charge < -0.3 is 15.0 Å². The maximum atomic E-state index is 13.2. The predicted octanol–water partition coefficient (Wildman–Crippen LogP) is 3.63. The standard InChI is InChI=1S/C24H30N2O3/c1-16(2)13-25-23(27)22-15-26(24(28)20-11-6-5-8-17(20)3)14-21(22)18-9-7-10-19(12-18)29-4/h5-12,16,21-22H,13-15H2,1-4H3,(H,25,27). The van der Waals surface area contributed by atoms with Crippen LogP contribution in [0.2, 0.25) is 0 Å². The first-order chi connectivity index (χ1) is 13.9. The van der Waals surface area contributed by atoms with Crippen molar-refractivity contribution in [2.24, 2.45) is 11.8 Å². The summed E-state index contributed by atoms with van der Waals surface area (Å²) in [6.45, 7) is 7.64. The summed E-state index contributed by atoms with van der Waals surface area (Å²) in [5.74, 6) is 0.772. The van der Waals surface area contributed by atoms with Crippen molar-refractivity contribution in [1.29, 1.82) is 0 Å². The van der Waals surface area contributed by atoms with Gasteiger partial charge >= 0.3 is 0 Å². The molecular weight excluding hydrogens is 364 g/mol. The zero-order valence-electron chi connectivity index (χ0n) is 17.6. The highest BCUT2D eigenvalue weighted by Crippen LogP contribution is 2.35. The zero-order valence-corrected chi connectivity index (χ0v) is 17.6. The summed E-state index contributed by atoms with van der Waals surface area (Å²) >= 11 is 0. The molecule has 5 heteroatoms. The van der Waals surface area contributed by atoms with E-state index in [1.807, 2.05) is 60.4 Å². The van der Waals surface area contributed by atoms with Crippen molar-refractivity contribution >= 4 is 11.8 Å². The van der Waals surface area contributed by atoms with Gasteiger partial charge in [0.05, 0.1) is 13.0 Å². The Hall–Kier alpha value is -2.82. The first-order valence-corrected chi connectivity index (χ1v) is 10.2. The molecule has 1 saturated heterocycles. The lowest BCUT2D eigenvalue weighted by atomic mass is 9.88. The van der Waals surface area contributed by atoms with Gasteiger partial charge in [-0.25, -0.2) is 0 Å². The maximum Gasteiger partial charge on any atom is 0.254 e. The number of benzene rings is 2. The van der Waals surface area contributed by atoms with Gasteiger partial charge in [-0.1, -0.05) is 44.2 Å². The number of nitrogens with zero attached hydrogens (tertiary/aromatic N) is 1. The molecule has 0 spiro atoms. The van der Waals surface area contributed by atoms with Gasteiger partial charge in [0.2, 0.25) is 5.91 Å². The SMILES string of the molecule is COc1cccc(C2CN(C(=O)c3ccccc3C)CC2C(=O)NCC(C)C)c1. The van der Waals surface area contributed by atoms with Crippen molar-refractivity contribution in [3.05, 3.63) is 65.2 Å². The van der Waals surface area contributed by atoms with Gasteiger partial charge in [-0.2, -0.15) is 0 Å². The highest BCUT2D eigenvalue weighted by atomic mass is 16.5. The molecule has 29 heavy (non-hydrogen) atoms. The first kappa shape index (κ1) is 20.9. The second-order valence-corrected chi connectivity index (χ2v) is 8.15. The second-order valence-electron chi connectivity index (χ2n) is 8.15. The Labute approximate surface area is 173 Å². The Morgan fingerprint density at radius 1 is 1.14 bits per heavy atom. The average molecular weight is 395 g/mol. The van der Waals surface area contributed by atoms with E-state index in [1.165, 1.54) is 0 Å². The molecule has 1 heterocycles. The van der Waals surface area contributed by atoms with Crippen molar-refractivity contribution in [2.75, 3.05) is 26.7 Å². The summed E-state index contributed by atoms with van der Waals surface area (Å²) in [6.07, 6.45) is 0. The molecule has 0 aliphatic carbocycles. The summed E-state index contributed by atoms with van der Waals surface area (Å²) in [6, 6.07) is 15.4. The number of carbonyl (C=O) groups is 2. The fourth-order valence-electron chi connectivity index (χ4n) is 3.86. The Bertz CT molecular complexity index is 878. The van der Waals surface area contributed by atoms with E-state index in [9.17, 15) is 9.59 Å². The van der Waals surface area contributed by atoms with Crippen molar-refractivity contribution in [2.45, 2.75) is 26.7 Å². The van der Waals surface area contributed by atoms with Crippen molar-refractivity contribution < 1.29 is 14.3 Å². The number of ether oxygens (including phenoxy) is 1. The molecule has 1 fully saturated rings. The molecule has 2 unspecified atom stereocenters. The molecule has 5 nitrogen and oxygen atoms in total. The Morgan fingerprint density at radius 2 is 1.90 bits per heavy atom. The molecule has 154 valence electrons. The third-order valence-corrected chi connectivity index (χ3v) is 5.53. The monoisotopic (exact) mass is 394 g/mol. The van der Waals surface area contributed by atoms with Crippen LogP contribution in [0.4, 0.5) is 0 Å². The van der Waals surface area contributed by atoms with Crippen LogP contribution in [-0.4, -0.2) is 43.5 Å². The third kappa shape index (κ3) is 4.78. The summed E-state index contributed by atoms with van der Waals surface area (Å²) in [4.78, 5) is 28.0. The summed E-state index contributed by atoms with van der Waals surface area (Å²) in [7, 11) is 1.63. The van der Waals surface area contributed by atoms with Crippen LogP contribution < -0.4 is 10.1 Å². The zero-order chi connectivity index (χ0) is 21.0. The van der Waals surface area contributed by atoms with Gasteiger partial charge in [-0.3, -0.25) is 9.59 Å². The van der Waals surface area contributed by atoms with E-state index in [0.29, 0.717) is 31.1 Å². The molecule has 1 N–H and O–H groups in total. The molecule has 2 aromatic rings. The highest BCUT2D eigenvalue weighted by molar-refractivity contribution is 5.96. The largest absolute Gasteiger partial charge is 0.497 e. The molecule has 3 rings (SSSR count). The summed E-state index contributed by atoms with van der Waals surface area (Å²) in [5, 5.41) is 3.05. The number of likely N-dealkylation sites (tertiary alicyclic amines) is 1. The van der Waals surface area contributed by atoms with Gasteiger partial charge in [0.25, 0.3) is 5.91 Å². The number of amides is 2. The number of hydrogen-bond acceptors (Lipinski definition) is 3. The molecule has 2 atom stereocenters. The molecule has 0 aromatic heterocycles. The molecular formula is C24H30N2O3. The van der Waals surface area contributed by atoms with Crippen LogP contribution in [0, 0.1) is 18.8 Å². The molecule has 2 aromatic carbocycles. The lowest BCUT2D eigenvalue weighted by Gasteiger charge is -2.19. The van der Waals surface area contributed by atoms with E-state index in [0.717, 1.165) is 16.9 Å². The van der Waals surface area contributed by atoms with Gasteiger partial charge in [0, 0.05) is 31.1 Å². The number of carbonyl (C=O) groups excluding carboxylic acids is 2. The lowest BCUT2D eigenvalue weighted by Crippen LogP contribution is -2.37. The number of hydrogen-bond donors (Lipinski definition) is 1. The maximum absolute atomic E-state index is 13.2. The third-order valence-electron chi connectivity index (χ3n) is 5.53. The summed E-state index contributed by atoms with van der Waals surface area (Å²) in [5.41, 5.74) is 2.66. The van der Waals surface area contributed by atoms with Gasteiger partial charge in [0.15, 0.2) is 0 Å². The average Bonchev–Trinajstić information content (AvgIpc) is 3.17. The van der Waals surface area contributed by atoms with E-state index < -0.39 is 0 Å². The number of aryl methyl sites for hydroxylation is 1. The Kier molecular flexibility index (Phi) is 6.57. The van der Waals surface area contributed by atoms with Gasteiger partial charge in [0.1, 0.15) is 5.75 Å². The minimum absolute atomic E-state index is 0.00611. The fourth-order valence-corrected chi connectivity index (χ4v) is 3.86. The highest BCUT2D eigenvalue weighted by Gasteiger charge is 2.40. The number of rotatable bonds is 6. The normalized spacial score (nSPS) is 18.7. The van der Waals surface area contributed by atoms with Crippen LogP contribution in [0.25, 0.3) is 0 Å². The molecule has 2 amide bonds. The van der Waals surface area contributed by atoms with E-state index in [2.05, 4.69) is 19.2 Å². The quantitative estimate of drug-likeness (QED) is 0.814. The van der Waals surface area contributed by atoms with Crippen LogP contribution in [0.1, 0.15) is 41.3 Å². The second kappa shape index (κ2) is 9.12. The Balaban J connectivity index is 1.88. The molecule has 1 aliphatic heterocycles. The first-order valence-electron chi connectivity index (χ1n) is 10.2. The molecule has 0 radical (unpaired) electrons. The van der Waals surface area contributed by atoms with E-state index in [-0.39, 0.29) is 23.7 Å². The number of nitrogens with one attached hydrogen (secondary N) is 1. The molecule has 1 aliphatic rings. The fraction of sp³-hybridized carbons (Fsp3) is 0.417. The van der Waals surface area contributed by atoms with Crippen molar-refractivity contribution in [1.82, 2.24) is 10.2 Å². The molecule has 0 bridgehead atoms. The lowest BCUT2D eigenvalue weighted by molar-refractivity contribution is -0.125. The van der Waals surface area contributed by atoms with E-state index >= 15 is 0 Å². The topological polar surface area (TPSA) is 58.6 Å². The minimum Gasteiger partial charge on any atom is -0.497 e. The summed E-state index contributed by atoms with van der Waals surface area (Å²) < 4.78 is 5.37. The smallest absolute Gasteiger partial charge is 0.254 e. The number of methoxy groups -OCH3 is 1. The van der Waals surface area contributed by atoms with Gasteiger partial charge in [-0.05, 0) is 42.2 Å². The van der Waals surface area contributed by atoms with Crippen LogP contribution in [-0.2, 0) is 4.79 Å².